The lowest BCUT2D eigenvalue weighted by molar-refractivity contribution is -0.146. The number of ether oxygens (including phenoxy) is 1. The first kappa shape index (κ1) is 14.0. The average Bonchev–Trinajstić information content (AvgIpc) is 2.76. The highest BCUT2D eigenvalue weighted by Gasteiger charge is 2.52. The predicted molar refractivity (Wildman–Crippen MR) is 81.7 cm³/mol. The lowest BCUT2D eigenvalue weighted by Gasteiger charge is -2.57. The van der Waals surface area contributed by atoms with Crippen molar-refractivity contribution in [1.29, 1.82) is 0 Å². The summed E-state index contributed by atoms with van der Waals surface area (Å²) in [5.74, 6) is 3.61. The van der Waals surface area contributed by atoms with Crippen LogP contribution in [0.4, 0.5) is 0 Å². The van der Waals surface area contributed by atoms with Crippen LogP contribution < -0.4 is 0 Å². The first-order valence-corrected chi connectivity index (χ1v) is 8.87. The third kappa shape index (κ3) is 2.42. The molecule has 118 valence electrons. The maximum atomic E-state index is 11.9. The zero-order valence-electron chi connectivity index (χ0n) is 13.5. The molecule has 0 aromatic rings. The van der Waals surface area contributed by atoms with Crippen LogP contribution in [0.15, 0.2) is 0 Å². The second kappa shape index (κ2) is 4.97. The number of hydrogen-bond acceptors (Lipinski definition) is 3. The van der Waals surface area contributed by atoms with Crippen molar-refractivity contribution in [2.75, 3.05) is 26.7 Å². The maximum Gasteiger partial charge on any atom is 0.310 e. The summed E-state index contributed by atoms with van der Waals surface area (Å²) in [4.78, 5) is 14.5. The van der Waals surface area contributed by atoms with Gasteiger partial charge in [-0.05, 0) is 67.6 Å². The molecule has 0 spiro atoms. The van der Waals surface area contributed by atoms with Gasteiger partial charge in [0.1, 0.15) is 0 Å². The summed E-state index contributed by atoms with van der Waals surface area (Å²) in [6, 6.07) is 0. The van der Waals surface area contributed by atoms with Gasteiger partial charge in [-0.3, -0.25) is 4.79 Å². The number of likely N-dealkylation sites (tertiary alicyclic amines) is 1. The largest absolute Gasteiger partial charge is 0.469 e. The number of esters is 1. The average molecular weight is 291 g/mol. The van der Waals surface area contributed by atoms with Crippen molar-refractivity contribution < 1.29 is 9.53 Å². The van der Waals surface area contributed by atoms with E-state index in [1.165, 1.54) is 52.2 Å². The van der Waals surface area contributed by atoms with Gasteiger partial charge in [-0.2, -0.15) is 0 Å². The quantitative estimate of drug-likeness (QED) is 0.749. The van der Waals surface area contributed by atoms with E-state index in [0.29, 0.717) is 11.3 Å². The topological polar surface area (TPSA) is 29.5 Å². The van der Waals surface area contributed by atoms with E-state index < -0.39 is 0 Å². The van der Waals surface area contributed by atoms with Crippen molar-refractivity contribution in [1.82, 2.24) is 4.90 Å². The van der Waals surface area contributed by atoms with Gasteiger partial charge in [0.25, 0.3) is 0 Å². The molecule has 0 amide bonds. The molecule has 1 saturated heterocycles. The predicted octanol–water partition coefficient (Wildman–Crippen LogP) is 2.94. The minimum absolute atomic E-state index is 0.00416. The molecule has 5 rings (SSSR count). The molecular weight excluding hydrogens is 262 g/mol. The Morgan fingerprint density at radius 1 is 1.10 bits per heavy atom. The number of rotatable bonds is 3. The molecule has 1 aliphatic heterocycles. The Morgan fingerprint density at radius 2 is 1.67 bits per heavy atom. The summed E-state index contributed by atoms with van der Waals surface area (Å²) in [5.41, 5.74) is 0.597. The highest BCUT2D eigenvalue weighted by molar-refractivity contribution is 5.73. The first-order valence-electron chi connectivity index (χ1n) is 8.87. The van der Waals surface area contributed by atoms with E-state index in [4.69, 9.17) is 4.74 Å². The van der Waals surface area contributed by atoms with Crippen LogP contribution in [0, 0.1) is 35.0 Å². The molecule has 0 radical (unpaired) electrons. The zero-order valence-corrected chi connectivity index (χ0v) is 13.5. The van der Waals surface area contributed by atoms with Crippen molar-refractivity contribution >= 4 is 5.97 Å². The molecule has 0 aromatic heterocycles. The molecule has 2 atom stereocenters. The van der Waals surface area contributed by atoms with E-state index in [-0.39, 0.29) is 11.9 Å². The van der Waals surface area contributed by atoms with Gasteiger partial charge in [-0.1, -0.05) is 6.92 Å². The summed E-state index contributed by atoms with van der Waals surface area (Å²) in [6.45, 7) is 5.46. The first-order chi connectivity index (χ1) is 10.1. The lowest BCUT2D eigenvalue weighted by Crippen LogP contribution is -2.51. The molecule has 0 aromatic carbocycles. The molecule has 21 heavy (non-hydrogen) atoms. The van der Waals surface area contributed by atoms with Crippen molar-refractivity contribution in [2.45, 2.75) is 45.4 Å². The molecule has 4 bridgehead atoms. The van der Waals surface area contributed by atoms with Crippen LogP contribution in [0.5, 0.6) is 0 Å². The van der Waals surface area contributed by atoms with Gasteiger partial charge in [-0.25, -0.2) is 0 Å². The second-order valence-corrected chi connectivity index (χ2v) is 8.72. The van der Waals surface area contributed by atoms with E-state index >= 15 is 0 Å². The fraction of sp³-hybridized carbons (Fsp3) is 0.944. The Kier molecular flexibility index (Phi) is 3.33. The zero-order chi connectivity index (χ0) is 14.6. The molecule has 5 fully saturated rings. The van der Waals surface area contributed by atoms with E-state index in [9.17, 15) is 4.79 Å². The minimum atomic E-state index is -0.00416. The van der Waals surface area contributed by atoms with Crippen LogP contribution in [0.25, 0.3) is 0 Å². The van der Waals surface area contributed by atoms with Crippen LogP contribution >= 0.6 is 0 Å². The normalized spacial score (nSPS) is 48.8. The molecule has 0 N–H and O–H groups in total. The Labute approximate surface area is 128 Å². The van der Waals surface area contributed by atoms with Crippen LogP contribution in [0.1, 0.15) is 45.4 Å². The smallest absolute Gasteiger partial charge is 0.310 e. The fourth-order valence-electron chi connectivity index (χ4n) is 6.61. The van der Waals surface area contributed by atoms with Crippen LogP contribution in [0.3, 0.4) is 0 Å². The van der Waals surface area contributed by atoms with E-state index in [0.717, 1.165) is 30.8 Å². The number of carbonyl (C=O) groups excluding carboxylic acids is 1. The Morgan fingerprint density at radius 3 is 2.19 bits per heavy atom. The molecule has 5 aliphatic rings. The monoisotopic (exact) mass is 291 g/mol. The van der Waals surface area contributed by atoms with Crippen molar-refractivity contribution in [3.63, 3.8) is 0 Å². The van der Waals surface area contributed by atoms with E-state index in [2.05, 4.69) is 11.8 Å². The molecule has 2 unspecified atom stereocenters. The summed E-state index contributed by atoms with van der Waals surface area (Å²) in [7, 11) is 1.52. The van der Waals surface area contributed by atoms with E-state index in [1.54, 1.807) is 0 Å². The lowest BCUT2D eigenvalue weighted by atomic mass is 9.49. The van der Waals surface area contributed by atoms with Gasteiger partial charge in [0, 0.05) is 19.6 Å². The van der Waals surface area contributed by atoms with E-state index in [1.807, 2.05) is 0 Å². The number of nitrogens with zero attached hydrogens (tertiary/aromatic N) is 1. The summed E-state index contributed by atoms with van der Waals surface area (Å²) < 4.78 is 4.98. The van der Waals surface area contributed by atoms with Crippen LogP contribution in [0.2, 0.25) is 0 Å². The van der Waals surface area contributed by atoms with Gasteiger partial charge in [0.15, 0.2) is 0 Å². The van der Waals surface area contributed by atoms with Gasteiger partial charge in [0.2, 0.25) is 0 Å². The molecule has 4 aliphatic carbocycles. The standard InChI is InChI=1S/C18H29NO2/c1-12-9-19(10-16(12)17(20)21-2)11-18-6-13-3-14(7-18)5-15(4-13)8-18/h12-16H,3-11H2,1-2H3. The van der Waals surface area contributed by atoms with Gasteiger partial charge in [-0.15, -0.1) is 0 Å². The highest BCUT2D eigenvalue weighted by atomic mass is 16.5. The molecule has 3 heteroatoms. The van der Waals surface area contributed by atoms with Crippen LogP contribution in [-0.2, 0) is 9.53 Å². The van der Waals surface area contributed by atoms with Crippen LogP contribution in [-0.4, -0.2) is 37.6 Å². The Bertz CT molecular complexity index is 398. The second-order valence-electron chi connectivity index (χ2n) is 8.72. The SMILES string of the molecule is COC(=O)C1CN(CC23CC4CC(CC(C4)C2)C3)CC1C. The molecule has 1 heterocycles. The third-order valence-electron chi connectivity index (χ3n) is 6.92. The Hall–Kier alpha value is -0.570. The van der Waals surface area contributed by atoms with Crippen molar-refractivity contribution in [3.05, 3.63) is 0 Å². The fourth-order valence-corrected chi connectivity index (χ4v) is 6.61. The number of carbonyl (C=O) groups is 1. The van der Waals surface area contributed by atoms with Gasteiger partial charge < -0.3 is 9.64 Å². The van der Waals surface area contributed by atoms with Gasteiger partial charge >= 0.3 is 5.97 Å². The third-order valence-corrected chi connectivity index (χ3v) is 6.92. The molecular formula is C18H29NO2. The summed E-state index contributed by atoms with van der Waals surface area (Å²) in [6.07, 6.45) is 8.94. The van der Waals surface area contributed by atoms with Crippen molar-refractivity contribution in [3.8, 4) is 0 Å². The number of methoxy groups -OCH3 is 1. The van der Waals surface area contributed by atoms with Gasteiger partial charge in [0.05, 0.1) is 13.0 Å². The summed E-state index contributed by atoms with van der Waals surface area (Å²) >= 11 is 0. The Balaban J connectivity index is 1.44. The number of hydrogen-bond donors (Lipinski definition) is 0. The molecule has 3 nitrogen and oxygen atoms in total. The highest BCUT2D eigenvalue weighted by Crippen LogP contribution is 2.60. The molecule has 4 saturated carbocycles. The maximum absolute atomic E-state index is 11.9. The summed E-state index contributed by atoms with van der Waals surface area (Å²) in [5, 5.41) is 0. The van der Waals surface area contributed by atoms with Crippen molar-refractivity contribution in [2.24, 2.45) is 35.0 Å². The minimum Gasteiger partial charge on any atom is -0.469 e.